The van der Waals surface area contributed by atoms with Gasteiger partial charge in [0.05, 0.1) is 6.04 Å². The molecule has 0 fully saturated rings. The highest BCUT2D eigenvalue weighted by atomic mass is 35.5. The zero-order valence-corrected chi connectivity index (χ0v) is 20.4. The molecule has 4 rings (SSSR count). The van der Waals surface area contributed by atoms with Crippen molar-refractivity contribution in [2.45, 2.75) is 18.4 Å². The van der Waals surface area contributed by atoms with Crippen molar-refractivity contribution in [3.05, 3.63) is 108 Å². The highest BCUT2D eigenvalue weighted by Gasteiger charge is 2.16. The fraction of sp³-hybridized carbons (Fsp3) is 0.148. The second kappa shape index (κ2) is 12.3. The van der Waals surface area contributed by atoms with Gasteiger partial charge in [-0.25, -0.2) is 0 Å². The standard InChI is InChI=1S/C27H27N3O2.2ClH/c1-30-17-16-21(24-4-2-3-5-26(24)30)11-6-19-7-12-22(13-8-19)29-27(32)25(28)18-20-9-14-23(31)15-10-20;;/h2-17,21,25,31H,18,28H2,1H3,(H,29,32);2*1H/b11-6+;;/t21?,25-;;/m1../s1. The Balaban J connectivity index is 0.00000204. The third-order valence-corrected chi connectivity index (χ3v) is 5.60. The predicted octanol–water partition coefficient (Wildman–Crippen LogP) is 5.50. The first-order chi connectivity index (χ1) is 15.5. The second-order valence-electron chi connectivity index (χ2n) is 7.98. The molecule has 0 radical (unpaired) electrons. The van der Waals surface area contributed by atoms with E-state index < -0.39 is 6.04 Å². The molecule has 1 aliphatic rings. The van der Waals surface area contributed by atoms with Gasteiger partial charge < -0.3 is 21.1 Å². The summed E-state index contributed by atoms with van der Waals surface area (Å²) in [5.74, 6) is 0.172. The minimum absolute atomic E-state index is 0. The van der Waals surface area contributed by atoms with Crippen LogP contribution >= 0.6 is 24.8 Å². The molecular formula is C27H29Cl2N3O2. The molecule has 178 valence electrons. The molecule has 3 aromatic rings. The quantitative estimate of drug-likeness (QED) is 0.419. The zero-order valence-electron chi connectivity index (χ0n) is 18.8. The van der Waals surface area contributed by atoms with Gasteiger partial charge in [0, 0.05) is 30.5 Å². The number of rotatable bonds is 6. The average molecular weight is 498 g/mol. The molecule has 0 bridgehead atoms. The SMILES string of the molecule is CN1C=CC(/C=C/c2ccc(NC(=O)[C@H](N)Cc3ccc(O)cc3)cc2)c2ccccc21.Cl.Cl. The molecule has 3 aromatic carbocycles. The number of anilines is 2. The molecule has 0 spiro atoms. The summed E-state index contributed by atoms with van der Waals surface area (Å²) in [6.45, 7) is 0. The molecule has 7 heteroatoms. The van der Waals surface area contributed by atoms with Crippen molar-refractivity contribution in [3.63, 3.8) is 0 Å². The number of phenols is 1. The van der Waals surface area contributed by atoms with E-state index in [1.54, 1.807) is 24.3 Å². The Morgan fingerprint density at radius 1 is 1.06 bits per heavy atom. The third-order valence-electron chi connectivity index (χ3n) is 5.60. The lowest BCUT2D eigenvalue weighted by molar-refractivity contribution is -0.117. The van der Waals surface area contributed by atoms with E-state index in [1.807, 2.05) is 24.3 Å². The first-order valence-electron chi connectivity index (χ1n) is 10.6. The molecule has 0 aliphatic carbocycles. The van der Waals surface area contributed by atoms with Crippen molar-refractivity contribution in [3.8, 4) is 5.75 Å². The van der Waals surface area contributed by atoms with Crippen molar-refractivity contribution in [1.29, 1.82) is 0 Å². The van der Waals surface area contributed by atoms with Gasteiger partial charge in [-0.05, 0) is 53.4 Å². The van der Waals surface area contributed by atoms with Crippen molar-refractivity contribution in [1.82, 2.24) is 0 Å². The van der Waals surface area contributed by atoms with Crippen LogP contribution in [0, 0.1) is 0 Å². The second-order valence-corrected chi connectivity index (χ2v) is 7.98. The first kappa shape index (κ1) is 27.0. The lowest BCUT2D eigenvalue weighted by Crippen LogP contribution is -2.37. The van der Waals surface area contributed by atoms with E-state index in [0.29, 0.717) is 12.1 Å². The van der Waals surface area contributed by atoms with Crippen LogP contribution in [0.2, 0.25) is 0 Å². The molecule has 2 atom stereocenters. The first-order valence-corrected chi connectivity index (χ1v) is 10.6. The van der Waals surface area contributed by atoms with Crippen LogP contribution in [-0.4, -0.2) is 24.1 Å². The monoisotopic (exact) mass is 497 g/mol. The Hall–Kier alpha value is -3.25. The van der Waals surface area contributed by atoms with Crippen LogP contribution in [0.3, 0.4) is 0 Å². The molecule has 1 aliphatic heterocycles. The number of phenolic OH excluding ortho intramolecular Hbond substituents is 1. The van der Waals surface area contributed by atoms with Gasteiger partial charge >= 0.3 is 0 Å². The molecule has 0 saturated carbocycles. The van der Waals surface area contributed by atoms with Gasteiger partial charge in [0.15, 0.2) is 0 Å². The van der Waals surface area contributed by atoms with E-state index in [1.165, 1.54) is 11.3 Å². The molecule has 1 unspecified atom stereocenters. The van der Waals surface area contributed by atoms with Gasteiger partial charge in [0.25, 0.3) is 0 Å². The van der Waals surface area contributed by atoms with Crippen LogP contribution in [0.5, 0.6) is 5.75 Å². The molecule has 1 amide bonds. The number of para-hydroxylation sites is 1. The molecule has 4 N–H and O–H groups in total. The highest BCUT2D eigenvalue weighted by Crippen LogP contribution is 2.33. The zero-order chi connectivity index (χ0) is 22.5. The summed E-state index contributed by atoms with van der Waals surface area (Å²) < 4.78 is 0. The van der Waals surface area contributed by atoms with Crippen molar-refractivity contribution < 1.29 is 9.90 Å². The molecule has 34 heavy (non-hydrogen) atoms. The highest BCUT2D eigenvalue weighted by molar-refractivity contribution is 5.95. The lowest BCUT2D eigenvalue weighted by atomic mass is 9.93. The topological polar surface area (TPSA) is 78.6 Å². The van der Waals surface area contributed by atoms with Crippen molar-refractivity contribution in [2.24, 2.45) is 5.73 Å². The average Bonchev–Trinajstić information content (AvgIpc) is 2.81. The number of nitrogens with one attached hydrogen (secondary N) is 1. The number of aromatic hydroxyl groups is 1. The van der Waals surface area contributed by atoms with Gasteiger partial charge in [-0.2, -0.15) is 0 Å². The van der Waals surface area contributed by atoms with E-state index >= 15 is 0 Å². The maximum absolute atomic E-state index is 12.4. The Kier molecular flexibility index (Phi) is 9.75. The summed E-state index contributed by atoms with van der Waals surface area (Å²) in [4.78, 5) is 14.6. The number of amides is 1. The predicted molar refractivity (Wildman–Crippen MR) is 145 cm³/mol. The Bertz CT molecular complexity index is 1150. The Labute approximate surface area is 212 Å². The fourth-order valence-electron chi connectivity index (χ4n) is 3.77. The lowest BCUT2D eigenvalue weighted by Gasteiger charge is -2.26. The summed E-state index contributed by atoms with van der Waals surface area (Å²) in [5.41, 5.74) is 11.2. The van der Waals surface area contributed by atoms with Gasteiger partial charge in [0.1, 0.15) is 5.75 Å². The minimum atomic E-state index is -0.671. The van der Waals surface area contributed by atoms with Crippen molar-refractivity contribution >= 4 is 48.2 Å². The van der Waals surface area contributed by atoms with E-state index in [2.05, 4.69) is 66.0 Å². The van der Waals surface area contributed by atoms with Crippen molar-refractivity contribution in [2.75, 3.05) is 17.3 Å². The smallest absolute Gasteiger partial charge is 0.241 e. The van der Waals surface area contributed by atoms with E-state index in [0.717, 1.165) is 11.1 Å². The summed E-state index contributed by atoms with van der Waals surface area (Å²) in [5, 5.41) is 12.2. The number of benzene rings is 3. The number of hydrogen-bond donors (Lipinski definition) is 3. The fourth-order valence-corrected chi connectivity index (χ4v) is 3.77. The van der Waals surface area contributed by atoms with Crippen LogP contribution in [0.15, 0.2) is 91.1 Å². The molecule has 5 nitrogen and oxygen atoms in total. The van der Waals surface area contributed by atoms with E-state index in [4.69, 9.17) is 5.73 Å². The Morgan fingerprint density at radius 2 is 1.74 bits per heavy atom. The number of carbonyl (C=O) groups excluding carboxylic acids is 1. The molecule has 0 saturated heterocycles. The number of nitrogens with two attached hydrogens (primary N) is 1. The molecular weight excluding hydrogens is 469 g/mol. The number of nitrogens with zero attached hydrogens (tertiary/aromatic N) is 1. The summed E-state index contributed by atoms with van der Waals surface area (Å²) in [7, 11) is 2.05. The molecule has 0 aromatic heterocycles. The summed E-state index contributed by atoms with van der Waals surface area (Å²) in [6.07, 6.45) is 8.96. The van der Waals surface area contributed by atoms with Crippen LogP contribution < -0.4 is 16.0 Å². The van der Waals surface area contributed by atoms with Gasteiger partial charge in [0.2, 0.25) is 5.91 Å². The van der Waals surface area contributed by atoms with Gasteiger partial charge in [-0.3, -0.25) is 4.79 Å². The van der Waals surface area contributed by atoms with Gasteiger partial charge in [-0.1, -0.05) is 60.7 Å². The van der Waals surface area contributed by atoms with Crippen LogP contribution in [0.4, 0.5) is 11.4 Å². The van der Waals surface area contributed by atoms with E-state index in [-0.39, 0.29) is 42.4 Å². The number of halogens is 2. The normalized spacial score (nSPS) is 15.1. The number of fused-ring (bicyclic) bond motifs is 1. The molecule has 1 heterocycles. The number of carbonyl (C=O) groups is 1. The maximum atomic E-state index is 12.4. The van der Waals surface area contributed by atoms with Gasteiger partial charge in [-0.15, -0.1) is 24.8 Å². The summed E-state index contributed by atoms with van der Waals surface area (Å²) in [6, 6.07) is 22.2. The maximum Gasteiger partial charge on any atom is 0.241 e. The number of allylic oxidation sites excluding steroid dienone is 2. The van der Waals surface area contributed by atoms with E-state index in [9.17, 15) is 9.90 Å². The Morgan fingerprint density at radius 3 is 2.44 bits per heavy atom. The van der Waals surface area contributed by atoms with Crippen LogP contribution in [0.25, 0.3) is 6.08 Å². The number of hydrogen-bond acceptors (Lipinski definition) is 4. The minimum Gasteiger partial charge on any atom is -0.508 e. The summed E-state index contributed by atoms with van der Waals surface area (Å²) >= 11 is 0. The third kappa shape index (κ3) is 6.64. The van der Waals surface area contributed by atoms with Crippen LogP contribution in [0.1, 0.15) is 22.6 Å². The largest absolute Gasteiger partial charge is 0.508 e. The van der Waals surface area contributed by atoms with Crippen LogP contribution in [-0.2, 0) is 11.2 Å².